The van der Waals surface area contributed by atoms with Crippen molar-refractivity contribution in [2.45, 2.75) is 257 Å². The van der Waals surface area contributed by atoms with Crippen molar-refractivity contribution >= 4 is 5.91 Å². The number of rotatable bonds is 42. The summed E-state index contributed by atoms with van der Waals surface area (Å²) < 4.78 is 0. The van der Waals surface area contributed by atoms with Gasteiger partial charge in [0, 0.05) is 0 Å². The van der Waals surface area contributed by atoms with E-state index in [1.54, 1.807) is 6.08 Å². The second kappa shape index (κ2) is 43.3. The molecule has 5 heteroatoms. The van der Waals surface area contributed by atoms with Crippen LogP contribution in [0.3, 0.4) is 0 Å². The molecule has 0 spiro atoms. The molecule has 0 rings (SSSR count). The van der Waals surface area contributed by atoms with Crippen molar-refractivity contribution in [2.75, 3.05) is 6.61 Å². The number of unbranched alkanes of at least 4 members (excludes halogenated alkanes) is 29. The van der Waals surface area contributed by atoms with Crippen LogP contribution in [0.1, 0.15) is 239 Å². The van der Waals surface area contributed by atoms with Gasteiger partial charge < -0.3 is 20.6 Å². The minimum Gasteiger partial charge on any atom is -0.394 e. The van der Waals surface area contributed by atoms with Gasteiger partial charge in [0.25, 0.3) is 0 Å². The van der Waals surface area contributed by atoms with Crippen molar-refractivity contribution in [1.29, 1.82) is 0 Å². The maximum atomic E-state index is 12.4. The summed E-state index contributed by atoms with van der Waals surface area (Å²) in [6, 6.07) is -0.749. The first kappa shape index (κ1) is 51.6. The van der Waals surface area contributed by atoms with E-state index in [0.29, 0.717) is 6.42 Å². The Labute approximate surface area is 330 Å². The molecule has 0 aromatic carbocycles. The zero-order valence-corrected chi connectivity index (χ0v) is 35.4. The van der Waals surface area contributed by atoms with E-state index in [1.807, 2.05) is 6.08 Å². The lowest BCUT2D eigenvalue weighted by Gasteiger charge is -2.21. The summed E-state index contributed by atoms with van der Waals surface area (Å²) in [7, 11) is 0. The average Bonchev–Trinajstić information content (AvgIpc) is 3.15. The van der Waals surface area contributed by atoms with E-state index in [2.05, 4.69) is 43.5 Å². The van der Waals surface area contributed by atoms with Gasteiger partial charge in [0.05, 0.1) is 31.3 Å². The zero-order valence-electron chi connectivity index (χ0n) is 35.4. The highest BCUT2D eigenvalue weighted by atomic mass is 16.3. The first-order valence-electron chi connectivity index (χ1n) is 23.3. The fourth-order valence-electron chi connectivity index (χ4n) is 7.08. The van der Waals surface area contributed by atoms with Gasteiger partial charge in [-0.3, -0.25) is 4.79 Å². The molecule has 5 nitrogen and oxygen atoms in total. The number of amides is 1. The maximum Gasteiger partial charge on any atom is 0.222 e. The van der Waals surface area contributed by atoms with Crippen LogP contribution in [0.25, 0.3) is 0 Å². The lowest BCUT2D eigenvalue weighted by molar-refractivity contribution is -0.124. The van der Waals surface area contributed by atoms with E-state index >= 15 is 0 Å². The van der Waals surface area contributed by atoms with Gasteiger partial charge in [-0.05, 0) is 51.4 Å². The molecule has 0 saturated carbocycles. The second-order valence-electron chi connectivity index (χ2n) is 16.0. The van der Waals surface area contributed by atoms with Gasteiger partial charge in [0.1, 0.15) is 0 Å². The summed E-state index contributed by atoms with van der Waals surface area (Å²) in [6.45, 7) is 4.19. The van der Waals surface area contributed by atoms with E-state index in [-0.39, 0.29) is 18.9 Å². The van der Waals surface area contributed by atoms with E-state index in [1.165, 1.54) is 167 Å². The van der Waals surface area contributed by atoms with Gasteiger partial charge in [0.2, 0.25) is 5.91 Å². The highest BCUT2D eigenvalue weighted by molar-refractivity contribution is 5.76. The highest BCUT2D eigenvalue weighted by Crippen LogP contribution is 2.16. The second-order valence-corrected chi connectivity index (χ2v) is 16.0. The molecule has 0 aliphatic rings. The summed E-state index contributed by atoms with van der Waals surface area (Å²) in [5, 5.41) is 33.3. The Bertz CT molecular complexity index is 824. The van der Waals surface area contributed by atoms with Crippen LogP contribution >= 0.6 is 0 Å². The van der Waals surface area contributed by atoms with Crippen LogP contribution in [0.15, 0.2) is 36.5 Å². The SMILES string of the molecule is CCCCC/C=C\C/C=C\CCCCCCCC(O)CC(=O)NC(CO)C(O)/C=C/CCCCCCCCCCCCCCCCCCCCCCC. The Morgan fingerprint density at radius 2 is 0.849 bits per heavy atom. The molecule has 4 N–H and O–H groups in total. The molecular weight excluding hydrogens is 655 g/mol. The van der Waals surface area contributed by atoms with Crippen LogP contribution in [-0.4, -0.2) is 46.1 Å². The summed E-state index contributed by atoms with van der Waals surface area (Å²) in [6.07, 6.45) is 54.4. The van der Waals surface area contributed by atoms with Crippen molar-refractivity contribution in [1.82, 2.24) is 5.32 Å². The van der Waals surface area contributed by atoms with Gasteiger partial charge in [-0.1, -0.05) is 217 Å². The highest BCUT2D eigenvalue weighted by Gasteiger charge is 2.20. The Kier molecular flexibility index (Phi) is 42.1. The number of allylic oxidation sites excluding steroid dienone is 5. The van der Waals surface area contributed by atoms with Crippen molar-refractivity contribution in [2.24, 2.45) is 0 Å². The van der Waals surface area contributed by atoms with Gasteiger partial charge in [-0.2, -0.15) is 0 Å². The molecule has 0 heterocycles. The zero-order chi connectivity index (χ0) is 38.7. The van der Waals surface area contributed by atoms with Crippen molar-refractivity contribution in [3.63, 3.8) is 0 Å². The summed E-state index contributed by atoms with van der Waals surface area (Å²) in [5.74, 6) is -0.323. The summed E-state index contributed by atoms with van der Waals surface area (Å²) >= 11 is 0. The van der Waals surface area contributed by atoms with E-state index in [4.69, 9.17) is 0 Å². The predicted molar refractivity (Wildman–Crippen MR) is 231 cm³/mol. The Balaban J connectivity index is 3.64. The largest absolute Gasteiger partial charge is 0.394 e. The molecule has 1 amide bonds. The molecule has 0 saturated heterocycles. The smallest absolute Gasteiger partial charge is 0.222 e. The van der Waals surface area contributed by atoms with Gasteiger partial charge in [-0.25, -0.2) is 0 Å². The number of nitrogens with one attached hydrogen (secondary N) is 1. The normalized spacial score (nSPS) is 13.8. The molecule has 0 aromatic heterocycles. The van der Waals surface area contributed by atoms with Gasteiger partial charge >= 0.3 is 0 Å². The minimum atomic E-state index is -0.933. The van der Waals surface area contributed by atoms with Crippen LogP contribution in [-0.2, 0) is 4.79 Å². The first-order valence-corrected chi connectivity index (χ1v) is 23.3. The molecule has 0 radical (unpaired) electrons. The maximum absolute atomic E-state index is 12.4. The third kappa shape index (κ3) is 40.1. The molecule has 312 valence electrons. The fraction of sp³-hybridized carbons (Fsp3) is 0.854. The molecule has 0 fully saturated rings. The fourth-order valence-corrected chi connectivity index (χ4v) is 7.08. The monoisotopic (exact) mass is 746 g/mol. The minimum absolute atomic E-state index is 0.00419. The Morgan fingerprint density at radius 1 is 0.491 bits per heavy atom. The van der Waals surface area contributed by atoms with Crippen LogP contribution in [0, 0.1) is 0 Å². The molecular formula is C48H91NO4. The topological polar surface area (TPSA) is 89.8 Å². The number of carbonyl (C=O) groups excluding carboxylic acids is 1. The van der Waals surface area contributed by atoms with E-state index in [0.717, 1.165) is 44.9 Å². The van der Waals surface area contributed by atoms with Crippen molar-refractivity contribution in [3.05, 3.63) is 36.5 Å². The number of hydrogen-bond acceptors (Lipinski definition) is 4. The third-order valence-electron chi connectivity index (χ3n) is 10.7. The van der Waals surface area contributed by atoms with E-state index < -0.39 is 18.2 Å². The van der Waals surface area contributed by atoms with Crippen LogP contribution < -0.4 is 5.32 Å². The lowest BCUT2D eigenvalue weighted by atomic mass is 10.0. The van der Waals surface area contributed by atoms with E-state index in [9.17, 15) is 20.1 Å². The lowest BCUT2D eigenvalue weighted by Crippen LogP contribution is -2.45. The van der Waals surface area contributed by atoms with Crippen LogP contribution in [0.4, 0.5) is 0 Å². The van der Waals surface area contributed by atoms with Gasteiger partial charge in [-0.15, -0.1) is 0 Å². The Morgan fingerprint density at radius 3 is 1.28 bits per heavy atom. The average molecular weight is 746 g/mol. The number of aliphatic hydroxyl groups excluding tert-OH is 3. The number of hydrogen-bond donors (Lipinski definition) is 4. The molecule has 3 unspecified atom stereocenters. The number of carbonyl (C=O) groups is 1. The summed E-state index contributed by atoms with van der Waals surface area (Å²) in [4.78, 5) is 12.4. The first-order chi connectivity index (χ1) is 26.0. The van der Waals surface area contributed by atoms with Crippen LogP contribution in [0.5, 0.6) is 0 Å². The molecule has 53 heavy (non-hydrogen) atoms. The molecule has 0 aromatic rings. The molecule has 0 bridgehead atoms. The molecule has 0 aliphatic carbocycles. The quantitative estimate of drug-likeness (QED) is 0.0370. The molecule has 3 atom stereocenters. The van der Waals surface area contributed by atoms with Gasteiger partial charge in [0.15, 0.2) is 0 Å². The standard InChI is InChI=1S/C48H91NO4/c1-3-5-7-9-11-13-15-17-19-20-21-22-23-24-25-26-28-30-32-34-36-38-40-42-47(52)46(44-50)49-48(53)43-45(51)41-39-37-35-33-31-29-27-18-16-14-12-10-8-6-4-2/h12,14,18,27,40,42,45-47,50-52H,3-11,13,15-17,19-26,28-39,41,43-44H2,1-2H3,(H,49,53)/b14-12-,27-18-,42-40+. The number of aliphatic hydroxyl groups is 3. The van der Waals surface area contributed by atoms with Crippen molar-refractivity contribution in [3.8, 4) is 0 Å². The van der Waals surface area contributed by atoms with Crippen LogP contribution in [0.2, 0.25) is 0 Å². The third-order valence-corrected chi connectivity index (χ3v) is 10.7. The predicted octanol–water partition coefficient (Wildman–Crippen LogP) is 13.5. The summed E-state index contributed by atoms with van der Waals surface area (Å²) in [5.41, 5.74) is 0. The molecule has 0 aliphatic heterocycles. The van der Waals surface area contributed by atoms with Crippen molar-refractivity contribution < 1.29 is 20.1 Å². The Hall–Kier alpha value is -1.43.